The van der Waals surface area contributed by atoms with E-state index >= 15 is 0 Å². The van der Waals surface area contributed by atoms with Gasteiger partial charge in [-0.1, -0.05) is 24.3 Å². The lowest BCUT2D eigenvalue weighted by Crippen LogP contribution is -2.46. The summed E-state index contributed by atoms with van der Waals surface area (Å²) in [5, 5.41) is 3.49. The molecule has 0 aromatic heterocycles. The van der Waals surface area contributed by atoms with Gasteiger partial charge in [0, 0.05) is 37.4 Å². The Hall–Kier alpha value is -2.54. The van der Waals surface area contributed by atoms with Gasteiger partial charge in [-0.3, -0.25) is 4.79 Å². The van der Waals surface area contributed by atoms with Gasteiger partial charge in [-0.25, -0.2) is 0 Å². The molecule has 2 heterocycles. The van der Waals surface area contributed by atoms with Gasteiger partial charge in [0.15, 0.2) is 0 Å². The van der Waals surface area contributed by atoms with Crippen molar-refractivity contribution in [3.05, 3.63) is 54.1 Å². The van der Waals surface area contributed by atoms with Crippen molar-refractivity contribution in [3.63, 3.8) is 0 Å². The Labute approximate surface area is 212 Å². The van der Waals surface area contributed by atoms with Gasteiger partial charge in [0.1, 0.15) is 0 Å². The van der Waals surface area contributed by atoms with Gasteiger partial charge >= 0.3 is 6.18 Å². The second-order valence-electron chi connectivity index (χ2n) is 11.0. The fraction of sp³-hybridized carbons (Fsp3) is 0.552. The van der Waals surface area contributed by atoms with E-state index in [-0.39, 0.29) is 12.5 Å². The minimum absolute atomic E-state index is 0.0610. The van der Waals surface area contributed by atoms with E-state index in [0.717, 1.165) is 67.7 Å². The molecule has 36 heavy (non-hydrogen) atoms. The van der Waals surface area contributed by atoms with Crippen molar-refractivity contribution in [2.45, 2.75) is 52.1 Å². The van der Waals surface area contributed by atoms with Crippen molar-refractivity contribution in [1.29, 1.82) is 0 Å². The van der Waals surface area contributed by atoms with Gasteiger partial charge in [0.2, 0.25) is 0 Å². The summed E-state index contributed by atoms with van der Waals surface area (Å²) in [4.78, 5) is 16.6. The zero-order chi connectivity index (χ0) is 25.8. The van der Waals surface area contributed by atoms with Crippen molar-refractivity contribution < 1.29 is 18.0 Å². The number of nitrogens with zero attached hydrogens (tertiary/aromatic N) is 2. The van der Waals surface area contributed by atoms with Crippen LogP contribution in [0.3, 0.4) is 0 Å². The van der Waals surface area contributed by atoms with Crippen LogP contribution in [0.1, 0.15) is 56.3 Å². The number of benzene rings is 2. The molecule has 7 heteroatoms. The van der Waals surface area contributed by atoms with E-state index in [1.807, 2.05) is 34.1 Å². The Morgan fingerprint density at radius 2 is 1.42 bits per heavy atom. The number of amides is 1. The number of carbonyl (C=O) groups is 1. The summed E-state index contributed by atoms with van der Waals surface area (Å²) in [5.41, 5.74) is 2.27. The maximum atomic E-state index is 13.2. The molecule has 0 spiro atoms. The largest absolute Gasteiger partial charge is 0.395 e. The molecule has 0 aliphatic carbocycles. The first-order valence-corrected chi connectivity index (χ1v) is 13.2. The van der Waals surface area contributed by atoms with Crippen LogP contribution in [0.15, 0.2) is 48.5 Å². The van der Waals surface area contributed by atoms with Gasteiger partial charge in [0.25, 0.3) is 5.91 Å². The van der Waals surface area contributed by atoms with Gasteiger partial charge < -0.3 is 15.1 Å². The smallest absolute Gasteiger partial charge is 0.385 e. The minimum Gasteiger partial charge on any atom is -0.385 e. The van der Waals surface area contributed by atoms with Crippen LogP contribution in [-0.2, 0) is 0 Å². The maximum absolute atomic E-state index is 13.2. The summed E-state index contributed by atoms with van der Waals surface area (Å²) in [6.07, 6.45) is 1.01. The van der Waals surface area contributed by atoms with Crippen molar-refractivity contribution in [2.24, 2.45) is 11.3 Å². The van der Waals surface area contributed by atoms with E-state index in [4.69, 9.17) is 0 Å². The summed E-state index contributed by atoms with van der Waals surface area (Å²) in [6.45, 7) is 6.58. The van der Waals surface area contributed by atoms with E-state index < -0.39 is 11.6 Å². The zero-order valence-electron chi connectivity index (χ0n) is 21.4. The number of likely N-dealkylation sites (tertiary alicyclic amines) is 2. The standard InChI is InChI=1S/C29H38F3N3O/c1-28(2,29(30,31)32)21-34-18-14-22(15-19-34)20-33-26-12-10-24(11-13-26)23-6-8-25(9-7-23)27(36)35-16-4-3-5-17-35/h6-13,22,33H,3-5,14-21H2,1-2H3. The van der Waals surface area contributed by atoms with E-state index in [1.165, 1.54) is 20.3 Å². The molecule has 1 N–H and O–H groups in total. The molecular weight excluding hydrogens is 463 g/mol. The lowest BCUT2D eigenvalue weighted by Gasteiger charge is -2.38. The lowest BCUT2D eigenvalue weighted by molar-refractivity contribution is -0.217. The quantitative estimate of drug-likeness (QED) is 0.459. The third kappa shape index (κ3) is 6.61. The number of alkyl halides is 3. The number of anilines is 1. The Morgan fingerprint density at radius 3 is 1.97 bits per heavy atom. The Balaban J connectivity index is 1.24. The number of rotatable bonds is 7. The predicted octanol–water partition coefficient (Wildman–Crippen LogP) is 6.69. The number of carbonyl (C=O) groups excluding carboxylic acids is 1. The molecule has 0 bridgehead atoms. The maximum Gasteiger partial charge on any atom is 0.395 e. The number of nitrogens with one attached hydrogen (secondary N) is 1. The van der Waals surface area contributed by atoms with Gasteiger partial charge in [0.05, 0.1) is 5.41 Å². The highest BCUT2D eigenvalue weighted by Crippen LogP contribution is 2.38. The summed E-state index contributed by atoms with van der Waals surface area (Å²) >= 11 is 0. The van der Waals surface area contributed by atoms with Crippen LogP contribution in [0.25, 0.3) is 11.1 Å². The normalized spacial score (nSPS) is 18.3. The Kier molecular flexibility index (Phi) is 8.28. The van der Waals surface area contributed by atoms with Crippen molar-refractivity contribution in [1.82, 2.24) is 9.80 Å². The third-order valence-corrected chi connectivity index (χ3v) is 7.68. The molecule has 0 saturated carbocycles. The van der Waals surface area contributed by atoms with Crippen molar-refractivity contribution >= 4 is 11.6 Å². The third-order valence-electron chi connectivity index (χ3n) is 7.68. The summed E-state index contributed by atoms with van der Waals surface area (Å²) in [5.74, 6) is 0.579. The van der Waals surface area contributed by atoms with Crippen molar-refractivity contribution in [2.75, 3.05) is 44.6 Å². The van der Waals surface area contributed by atoms with Crippen LogP contribution in [0.5, 0.6) is 0 Å². The topological polar surface area (TPSA) is 35.6 Å². The molecule has 4 rings (SSSR count). The first-order valence-electron chi connectivity index (χ1n) is 13.2. The summed E-state index contributed by atoms with van der Waals surface area (Å²) in [7, 11) is 0. The average Bonchev–Trinajstić information content (AvgIpc) is 2.88. The summed E-state index contributed by atoms with van der Waals surface area (Å²) in [6, 6.07) is 16.1. The molecular formula is C29H38F3N3O. The van der Waals surface area contributed by atoms with E-state index in [2.05, 4.69) is 29.6 Å². The van der Waals surface area contributed by atoms with Gasteiger partial charge in [-0.05, 0) is 100 Å². The highest BCUT2D eigenvalue weighted by atomic mass is 19.4. The molecule has 1 amide bonds. The van der Waals surface area contributed by atoms with E-state index in [0.29, 0.717) is 19.0 Å². The molecule has 2 aliphatic heterocycles. The second-order valence-corrected chi connectivity index (χ2v) is 11.0. The highest BCUT2D eigenvalue weighted by molar-refractivity contribution is 5.94. The highest BCUT2D eigenvalue weighted by Gasteiger charge is 2.48. The molecule has 2 aliphatic rings. The van der Waals surface area contributed by atoms with Crippen LogP contribution >= 0.6 is 0 Å². The fourth-order valence-electron chi connectivity index (χ4n) is 5.12. The number of hydrogen-bond acceptors (Lipinski definition) is 3. The molecule has 0 atom stereocenters. The molecule has 2 aromatic carbocycles. The first-order chi connectivity index (χ1) is 17.1. The first kappa shape index (κ1) is 26.5. The minimum atomic E-state index is -4.18. The average molecular weight is 502 g/mol. The van der Waals surface area contributed by atoms with Gasteiger partial charge in [-0.15, -0.1) is 0 Å². The predicted molar refractivity (Wildman–Crippen MR) is 139 cm³/mol. The molecule has 0 unspecified atom stereocenters. The Bertz CT molecular complexity index is 988. The molecule has 196 valence electrons. The number of piperidine rings is 2. The van der Waals surface area contributed by atoms with E-state index in [9.17, 15) is 18.0 Å². The lowest BCUT2D eigenvalue weighted by atomic mass is 9.89. The van der Waals surface area contributed by atoms with Crippen LogP contribution in [0, 0.1) is 11.3 Å². The molecule has 0 radical (unpaired) electrons. The number of halogens is 3. The van der Waals surface area contributed by atoms with Crippen LogP contribution < -0.4 is 5.32 Å². The fourth-order valence-corrected chi connectivity index (χ4v) is 5.12. The summed E-state index contributed by atoms with van der Waals surface area (Å²) < 4.78 is 39.5. The molecule has 2 saturated heterocycles. The monoisotopic (exact) mass is 501 g/mol. The van der Waals surface area contributed by atoms with Crippen LogP contribution in [0.2, 0.25) is 0 Å². The second kappa shape index (κ2) is 11.2. The zero-order valence-corrected chi connectivity index (χ0v) is 21.4. The Morgan fingerprint density at radius 1 is 0.861 bits per heavy atom. The van der Waals surface area contributed by atoms with Crippen LogP contribution in [-0.4, -0.2) is 61.2 Å². The van der Waals surface area contributed by atoms with Crippen LogP contribution in [0.4, 0.5) is 18.9 Å². The molecule has 2 aromatic rings. The molecule has 4 nitrogen and oxygen atoms in total. The molecule has 2 fully saturated rings. The van der Waals surface area contributed by atoms with E-state index in [1.54, 1.807) is 0 Å². The SMILES string of the molecule is CC(C)(CN1CCC(CNc2ccc(-c3ccc(C(=O)N4CCCCC4)cc3)cc2)CC1)C(F)(F)F. The number of hydrogen-bond donors (Lipinski definition) is 1. The van der Waals surface area contributed by atoms with Crippen molar-refractivity contribution in [3.8, 4) is 11.1 Å². The van der Waals surface area contributed by atoms with Gasteiger partial charge in [-0.2, -0.15) is 13.2 Å².